The first-order chi connectivity index (χ1) is 11.9. The molecule has 1 heterocycles. The first kappa shape index (κ1) is 23.4. The van der Waals surface area contributed by atoms with Gasteiger partial charge in [0.25, 0.3) is 0 Å². The molecule has 4 atom stereocenters. The molecule has 0 radical (unpaired) electrons. The summed E-state index contributed by atoms with van der Waals surface area (Å²) in [6.07, 6.45) is 14.8. The van der Waals surface area contributed by atoms with E-state index in [1.807, 2.05) is 6.92 Å². The molecule has 0 aliphatic carbocycles. The SMILES string of the molecule is C/C=C/[C@@H]1O[C@@H]1/C=C\C[C@H](C)C(C)(C)[C@H](/C=C/C)O[Si](C)(C)C(C)(C)C. The summed E-state index contributed by atoms with van der Waals surface area (Å²) in [6, 6.07) is 0. The lowest BCUT2D eigenvalue weighted by molar-refractivity contribution is 0.0554. The predicted molar refractivity (Wildman–Crippen MR) is 117 cm³/mol. The summed E-state index contributed by atoms with van der Waals surface area (Å²) >= 11 is 0. The van der Waals surface area contributed by atoms with E-state index in [2.05, 4.69) is 98.0 Å². The van der Waals surface area contributed by atoms with Crippen LogP contribution in [0.5, 0.6) is 0 Å². The third-order valence-corrected chi connectivity index (χ3v) is 10.8. The van der Waals surface area contributed by atoms with Crippen LogP contribution in [0.4, 0.5) is 0 Å². The normalized spacial score (nSPS) is 24.7. The van der Waals surface area contributed by atoms with Crippen molar-refractivity contribution in [2.24, 2.45) is 11.3 Å². The fourth-order valence-electron chi connectivity index (χ4n) is 2.74. The van der Waals surface area contributed by atoms with Crippen LogP contribution in [0.25, 0.3) is 0 Å². The Bertz CT molecular complexity index is 523. The van der Waals surface area contributed by atoms with Crippen LogP contribution in [-0.2, 0) is 9.16 Å². The van der Waals surface area contributed by atoms with Gasteiger partial charge in [-0.3, -0.25) is 0 Å². The van der Waals surface area contributed by atoms with Crippen molar-refractivity contribution in [2.75, 3.05) is 0 Å². The minimum absolute atomic E-state index is 0.0689. The molecule has 0 aromatic carbocycles. The molecule has 0 unspecified atom stereocenters. The third kappa shape index (κ3) is 6.21. The van der Waals surface area contributed by atoms with Crippen LogP contribution in [0.15, 0.2) is 36.5 Å². The van der Waals surface area contributed by atoms with Gasteiger partial charge < -0.3 is 9.16 Å². The highest BCUT2D eigenvalue weighted by Crippen LogP contribution is 2.43. The molecule has 1 fully saturated rings. The lowest BCUT2D eigenvalue weighted by Crippen LogP contribution is -2.48. The van der Waals surface area contributed by atoms with E-state index in [1.54, 1.807) is 0 Å². The number of hydrogen-bond acceptors (Lipinski definition) is 2. The Balaban J connectivity index is 2.77. The van der Waals surface area contributed by atoms with Crippen LogP contribution in [0.1, 0.15) is 61.8 Å². The number of epoxide rings is 1. The summed E-state index contributed by atoms with van der Waals surface area (Å²) in [5.74, 6) is 0.517. The van der Waals surface area contributed by atoms with E-state index in [1.165, 1.54) is 0 Å². The van der Waals surface area contributed by atoms with Crippen molar-refractivity contribution in [3.05, 3.63) is 36.5 Å². The summed E-state index contributed by atoms with van der Waals surface area (Å²) in [5.41, 5.74) is 0.0689. The molecule has 26 heavy (non-hydrogen) atoms. The molecule has 0 N–H and O–H groups in total. The highest BCUT2D eigenvalue weighted by Gasteiger charge is 2.43. The van der Waals surface area contributed by atoms with E-state index in [0.29, 0.717) is 5.92 Å². The quantitative estimate of drug-likeness (QED) is 0.247. The zero-order valence-electron chi connectivity index (χ0n) is 18.8. The van der Waals surface area contributed by atoms with Gasteiger partial charge in [-0.1, -0.05) is 78.0 Å². The summed E-state index contributed by atoms with van der Waals surface area (Å²) in [7, 11) is -1.82. The topological polar surface area (TPSA) is 21.8 Å². The van der Waals surface area contributed by atoms with Crippen molar-refractivity contribution in [1.82, 2.24) is 0 Å². The van der Waals surface area contributed by atoms with Gasteiger partial charge in [-0.15, -0.1) is 0 Å². The zero-order valence-corrected chi connectivity index (χ0v) is 19.8. The smallest absolute Gasteiger partial charge is 0.192 e. The van der Waals surface area contributed by atoms with Crippen molar-refractivity contribution >= 4 is 8.32 Å². The highest BCUT2D eigenvalue weighted by molar-refractivity contribution is 6.74. The van der Waals surface area contributed by atoms with Crippen LogP contribution in [0.2, 0.25) is 18.1 Å². The second-order valence-electron chi connectivity index (χ2n) is 9.80. The van der Waals surface area contributed by atoms with E-state index >= 15 is 0 Å². The Morgan fingerprint density at radius 3 is 2.08 bits per heavy atom. The van der Waals surface area contributed by atoms with E-state index < -0.39 is 8.32 Å². The second-order valence-corrected chi connectivity index (χ2v) is 14.6. The molecule has 1 saturated heterocycles. The average Bonchev–Trinajstić information content (AvgIpc) is 3.23. The van der Waals surface area contributed by atoms with Crippen molar-refractivity contribution in [3.8, 4) is 0 Å². The van der Waals surface area contributed by atoms with Crippen molar-refractivity contribution in [2.45, 2.75) is 98.3 Å². The monoisotopic (exact) mass is 378 g/mol. The molecule has 3 heteroatoms. The summed E-state index contributed by atoms with van der Waals surface area (Å²) in [6.45, 7) is 22.8. The molecule has 0 bridgehead atoms. The highest BCUT2D eigenvalue weighted by atomic mass is 28.4. The molecule has 0 spiro atoms. The molecular formula is C23H42O2Si. The van der Waals surface area contributed by atoms with Gasteiger partial charge in [-0.2, -0.15) is 0 Å². The lowest BCUT2D eigenvalue weighted by atomic mass is 9.73. The largest absolute Gasteiger partial charge is 0.410 e. The lowest BCUT2D eigenvalue weighted by Gasteiger charge is -2.45. The van der Waals surface area contributed by atoms with Crippen molar-refractivity contribution in [3.63, 3.8) is 0 Å². The van der Waals surface area contributed by atoms with Gasteiger partial charge in [-0.05, 0) is 49.7 Å². The van der Waals surface area contributed by atoms with E-state index in [-0.39, 0.29) is 28.8 Å². The number of ether oxygens (including phenoxy) is 1. The maximum absolute atomic E-state index is 6.81. The first-order valence-corrected chi connectivity index (χ1v) is 13.0. The summed E-state index contributed by atoms with van der Waals surface area (Å²) in [5, 5.41) is 0.219. The average molecular weight is 379 g/mol. The van der Waals surface area contributed by atoms with Crippen LogP contribution < -0.4 is 0 Å². The minimum Gasteiger partial charge on any atom is -0.410 e. The molecule has 1 aliphatic rings. The molecule has 150 valence electrons. The Morgan fingerprint density at radius 1 is 1.00 bits per heavy atom. The second kappa shape index (κ2) is 9.03. The molecule has 0 aromatic heterocycles. The van der Waals surface area contributed by atoms with Crippen LogP contribution >= 0.6 is 0 Å². The maximum Gasteiger partial charge on any atom is 0.192 e. The predicted octanol–water partition coefficient (Wildman–Crippen LogP) is 6.91. The van der Waals surface area contributed by atoms with Gasteiger partial charge in [0, 0.05) is 0 Å². The summed E-state index contributed by atoms with van der Waals surface area (Å²) in [4.78, 5) is 0. The number of allylic oxidation sites excluding steroid dienone is 3. The van der Waals surface area contributed by atoms with Gasteiger partial charge in [0.15, 0.2) is 8.32 Å². The third-order valence-electron chi connectivity index (χ3n) is 6.36. The molecule has 0 aromatic rings. The van der Waals surface area contributed by atoms with Gasteiger partial charge >= 0.3 is 0 Å². The Hall–Kier alpha value is -0.643. The van der Waals surface area contributed by atoms with Gasteiger partial charge in [0.1, 0.15) is 12.2 Å². The fraction of sp³-hybridized carbons (Fsp3) is 0.739. The Labute approximate surface area is 163 Å². The Morgan fingerprint density at radius 2 is 1.58 bits per heavy atom. The molecule has 0 saturated carbocycles. The van der Waals surface area contributed by atoms with Gasteiger partial charge in [0.2, 0.25) is 0 Å². The molecule has 0 amide bonds. The summed E-state index contributed by atoms with van der Waals surface area (Å²) < 4.78 is 12.4. The Kier molecular flexibility index (Phi) is 8.13. The standard InChI is InChI=1S/C23H42O2Si/c1-11-14-19-20(24-19)17-13-16-18(3)23(7,8)21(15-12-2)25-26(9,10)22(4,5)6/h11-15,17-21H,16H2,1-10H3/b14-11+,15-12+,17-13-/t18-,19-,20+,21-/m0/s1. The molecule has 2 nitrogen and oxygen atoms in total. The van der Waals surface area contributed by atoms with E-state index in [4.69, 9.17) is 9.16 Å². The van der Waals surface area contributed by atoms with Crippen LogP contribution in [-0.4, -0.2) is 26.6 Å². The molecule has 1 aliphatic heterocycles. The molecular weight excluding hydrogens is 336 g/mol. The number of hydrogen-bond donors (Lipinski definition) is 0. The maximum atomic E-state index is 6.81. The van der Waals surface area contributed by atoms with Crippen LogP contribution in [0, 0.1) is 11.3 Å². The fourth-order valence-corrected chi connectivity index (χ4v) is 4.12. The van der Waals surface area contributed by atoms with Crippen molar-refractivity contribution in [1.29, 1.82) is 0 Å². The van der Waals surface area contributed by atoms with Crippen molar-refractivity contribution < 1.29 is 9.16 Å². The molecule has 1 rings (SSSR count). The van der Waals surface area contributed by atoms with E-state index in [9.17, 15) is 0 Å². The van der Waals surface area contributed by atoms with Gasteiger partial charge in [0.05, 0.1) is 6.10 Å². The van der Waals surface area contributed by atoms with E-state index in [0.717, 1.165) is 6.42 Å². The number of rotatable bonds is 9. The zero-order chi connectivity index (χ0) is 20.2. The minimum atomic E-state index is -1.82. The first-order valence-electron chi connectivity index (χ1n) is 10.1. The van der Waals surface area contributed by atoms with Gasteiger partial charge in [-0.25, -0.2) is 0 Å². The van der Waals surface area contributed by atoms with Crippen LogP contribution in [0.3, 0.4) is 0 Å².